The van der Waals surface area contributed by atoms with Crippen molar-refractivity contribution in [3.8, 4) is 0 Å². The van der Waals surface area contributed by atoms with Gasteiger partial charge in [-0.1, -0.05) is 41.9 Å². The quantitative estimate of drug-likeness (QED) is 0.669. The molecule has 25 heavy (non-hydrogen) atoms. The second-order valence-electron chi connectivity index (χ2n) is 6.35. The van der Waals surface area contributed by atoms with Gasteiger partial charge in [-0.2, -0.15) is 0 Å². The van der Waals surface area contributed by atoms with Crippen molar-refractivity contribution >= 4 is 28.5 Å². The molecule has 5 heteroatoms. The lowest BCUT2D eigenvalue weighted by Crippen LogP contribution is -2.45. The fraction of sp³-hybridized carbons (Fsp3) is 0.250. The molecule has 4 nitrogen and oxygen atoms in total. The van der Waals surface area contributed by atoms with Crippen LogP contribution < -0.4 is 0 Å². The van der Waals surface area contributed by atoms with Crippen LogP contribution in [0.15, 0.2) is 59.0 Å². The maximum absolute atomic E-state index is 12.9. The Hall–Kier alpha value is -2.30. The fourth-order valence-electron chi connectivity index (χ4n) is 3.24. The second kappa shape index (κ2) is 6.54. The van der Waals surface area contributed by atoms with Crippen molar-refractivity contribution in [3.63, 3.8) is 0 Å². The van der Waals surface area contributed by atoms with Gasteiger partial charge in [-0.25, -0.2) is 0 Å². The Morgan fingerprint density at radius 3 is 2.72 bits per heavy atom. The molecule has 1 saturated heterocycles. The third-order valence-corrected chi connectivity index (χ3v) is 4.64. The molecule has 128 valence electrons. The number of carbonyl (C=O) groups is 1. The maximum atomic E-state index is 12.9. The third kappa shape index (κ3) is 3.28. The second-order valence-corrected chi connectivity index (χ2v) is 6.79. The molecule has 0 bridgehead atoms. The Morgan fingerprint density at radius 1 is 1.12 bits per heavy atom. The number of hydrogen-bond donors (Lipinski definition) is 0. The van der Waals surface area contributed by atoms with Crippen LogP contribution >= 0.6 is 11.6 Å². The van der Waals surface area contributed by atoms with Gasteiger partial charge in [-0.15, -0.1) is 0 Å². The number of halogens is 1. The highest BCUT2D eigenvalue weighted by atomic mass is 35.5. The molecule has 2 heterocycles. The van der Waals surface area contributed by atoms with E-state index >= 15 is 0 Å². The van der Waals surface area contributed by atoms with Crippen molar-refractivity contribution in [1.82, 2.24) is 4.90 Å². The molecule has 2 aromatic carbocycles. The number of furan rings is 1. The van der Waals surface area contributed by atoms with E-state index in [0.717, 1.165) is 10.9 Å². The van der Waals surface area contributed by atoms with Crippen molar-refractivity contribution < 1.29 is 13.9 Å². The summed E-state index contributed by atoms with van der Waals surface area (Å²) in [4.78, 5) is 14.7. The average molecular weight is 356 g/mol. The third-order valence-electron chi connectivity index (χ3n) is 4.41. The van der Waals surface area contributed by atoms with E-state index in [1.807, 2.05) is 37.3 Å². The van der Waals surface area contributed by atoms with Crippen molar-refractivity contribution in [2.75, 3.05) is 13.1 Å². The van der Waals surface area contributed by atoms with Crippen LogP contribution in [0.2, 0.25) is 5.02 Å². The first-order valence-electron chi connectivity index (χ1n) is 8.29. The summed E-state index contributed by atoms with van der Waals surface area (Å²) < 4.78 is 11.7. The number of rotatable bonds is 2. The summed E-state index contributed by atoms with van der Waals surface area (Å²) in [6.45, 7) is 3.03. The van der Waals surface area contributed by atoms with Crippen LogP contribution in [0.1, 0.15) is 29.1 Å². The number of carbonyl (C=O) groups excluding carboxylic acids is 1. The summed E-state index contributed by atoms with van der Waals surface area (Å²) in [6, 6.07) is 17.1. The van der Waals surface area contributed by atoms with E-state index in [1.54, 1.807) is 29.2 Å². The number of fused-ring (bicyclic) bond motifs is 1. The van der Waals surface area contributed by atoms with Gasteiger partial charge in [0.1, 0.15) is 11.7 Å². The van der Waals surface area contributed by atoms with E-state index in [-0.39, 0.29) is 18.1 Å². The highest BCUT2D eigenvalue weighted by Crippen LogP contribution is 2.28. The standard InChI is InChI=1S/C20H18ClNO3/c1-13-11-22(12-19(24-13)14-5-3-2-4-6-14)20(23)18-10-15-9-16(21)7-8-17(15)25-18/h2-10,13,19H,11-12H2,1H3/t13-,19-/m1/s1. The molecule has 0 saturated carbocycles. The van der Waals surface area contributed by atoms with E-state index in [9.17, 15) is 4.79 Å². The van der Waals surface area contributed by atoms with Crippen LogP contribution in [-0.4, -0.2) is 30.0 Å². The van der Waals surface area contributed by atoms with Crippen molar-refractivity contribution in [1.29, 1.82) is 0 Å². The zero-order valence-electron chi connectivity index (χ0n) is 13.8. The summed E-state index contributed by atoms with van der Waals surface area (Å²) >= 11 is 6.01. The molecule has 1 amide bonds. The highest BCUT2D eigenvalue weighted by Gasteiger charge is 2.31. The van der Waals surface area contributed by atoms with Gasteiger partial charge in [0.05, 0.1) is 12.6 Å². The Balaban J connectivity index is 1.59. The number of hydrogen-bond acceptors (Lipinski definition) is 3. The van der Waals surface area contributed by atoms with E-state index in [2.05, 4.69) is 0 Å². The SMILES string of the molecule is C[C@@H]1CN(C(=O)c2cc3cc(Cl)ccc3o2)C[C@H](c2ccccc2)O1. The molecule has 2 atom stereocenters. The van der Waals surface area contributed by atoms with Gasteiger partial charge < -0.3 is 14.1 Å². The molecule has 1 aliphatic heterocycles. The van der Waals surface area contributed by atoms with Crippen LogP contribution in [0.3, 0.4) is 0 Å². The van der Waals surface area contributed by atoms with Crippen molar-refractivity contribution in [2.24, 2.45) is 0 Å². The van der Waals surface area contributed by atoms with E-state index in [1.165, 1.54) is 0 Å². The Bertz CT molecular complexity index is 906. The summed E-state index contributed by atoms with van der Waals surface area (Å²) in [7, 11) is 0. The average Bonchev–Trinajstić information content (AvgIpc) is 3.04. The molecular weight excluding hydrogens is 338 g/mol. The normalized spacial score (nSPS) is 20.8. The Kier molecular flexibility index (Phi) is 4.24. The molecule has 0 unspecified atom stereocenters. The first-order chi connectivity index (χ1) is 12.1. The Labute approximate surface area is 150 Å². The minimum Gasteiger partial charge on any atom is -0.451 e. The van der Waals surface area contributed by atoms with Crippen LogP contribution in [0, 0.1) is 0 Å². The van der Waals surface area contributed by atoms with Crippen molar-refractivity contribution in [2.45, 2.75) is 19.1 Å². The summed E-state index contributed by atoms with van der Waals surface area (Å²) in [5, 5.41) is 1.45. The lowest BCUT2D eigenvalue weighted by molar-refractivity contribution is -0.0697. The number of ether oxygens (including phenoxy) is 1. The minimum absolute atomic E-state index is 0.0401. The molecule has 1 fully saturated rings. The highest BCUT2D eigenvalue weighted by molar-refractivity contribution is 6.31. The zero-order chi connectivity index (χ0) is 17.4. The largest absolute Gasteiger partial charge is 0.451 e. The summed E-state index contributed by atoms with van der Waals surface area (Å²) in [5.41, 5.74) is 1.73. The molecule has 0 aliphatic carbocycles. The van der Waals surface area contributed by atoms with Gasteiger partial charge in [0.15, 0.2) is 5.76 Å². The van der Waals surface area contributed by atoms with Gasteiger partial charge in [0.2, 0.25) is 0 Å². The number of nitrogens with zero attached hydrogens (tertiary/aromatic N) is 1. The fourth-order valence-corrected chi connectivity index (χ4v) is 3.43. The monoisotopic (exact) mass is 355 g/mol. The molecule has 0 spiro atoms. The summed E-state index contributed by atoms with van der Waals surface area (Å²) in [6.07, 6.45) is -0.172. The molecule has 1 aliphatic rings. The lowest BCUT2D eigenvalue weighted by Gasteiger charge is -2.36. The zero-order valence-corrected chi connectivity index (χ0v) is 14.6. The van der Waals surface area contributed by atoms with Gasteiger partial charge in [-0.3, -0.25) is 4.79 Å². The van der Waals surface area contributed by atoms with Crippen LogP contribution in [0.5, 0.6) is 0 Å². The molecule has 0 radical (unpaired) electrons. The van der Waals surface area contributed by atoms with Gasteiger partial charge in [0.25, 0.3) is 5.91 Å². The number of amides is 1. The van der Waals surface area contributed by atoms with Gasteiger partial charge in [0, 0.05) is 17.0 Å². The number of benzene rings is 2. The number of morpholine rings is 1. The lowest BCUT2D eigenvalue weighted by atomic mass is 10.1. The molecule has 4 rings (SSSR count). The predicted octanol–water partition coefficient (Wildman–Crippen LogP) is 4.69. The van der Waals surface area contributed by atoms with Crippen LogP contribution in [0.4, 0.5) is 0 Å². The first-order valence-corrected chi connectivity index (χ1v) is 8.67. The minimum atomic E-state index is -0.132. The molecule has 3 aromatic rings. The Morgan fingerprint density at radius 2 is 1.92 bits per heavy atom. The summed E-state index contributed by atoms with van der Waals surface area (Å²) in [5.74, 6) is 0.210. The van der Waals surface area contributed by atoms with E-state index in [0.29, 0.717) is 29.5 Å². The molecule has 1 aromatic heterocycles. The topological polar surface area (TPSA) is 42.7 Å². The van der Waals surface area contributed by atoms with Crippen LogP contribution in [0.25, 0.3) is 11.0 Å². The predicted molar refractivity (Wildman–Crippen MR) is 96.9 cm³/mol. The smallest absolute Gasteiger partial charge is 0.289 e. The van der Waals surface area contributed by atoms with Crippen LogP contribution in [-0.2, 0) is 4.74 Å². The maximum Gasteiger partial charge on any atom is 0.289 e. The van der Waals surface area contributed by atoms with E-state index in [4.69, 9.17) is 20.8 Å². The van der Waals surface area contributed by atoms with E-state index < -0.39 is 0 Å². The van der Waals surface area contributed by atoms with Crippen molar-refractivity contribution in [3.05, 3.63) is 70.9 Å². The van der Waals surface area contributed by atoms with Gasteiger partial charge >= 0.3 is 0 Å². The first kappa shape index (κ1) is 16.2. The molecule has 0 N–H and O–H groups in total. The molecular formula is C20H18ClNO3. The van der Waals surface area contributed by atoms with Gasteiger partial charge in [-0.05, 0) is 36.8 Å².